The molecule has 3 N–H and O–H groups in total. The van der Waals surface area contributed by atoms with Crippen LogP contribution in [-0.2, 0) is 14.3 Å². The Morgan fingerprint density at radius 3 is 0.840 bits per heavy atom. The van der Waals surface area contributed by atoms with Gasteiger partial charge in [-0.1, -0.05) is 398 Å². The van der Waals surface area contributed by atoms with Crippen LogP contribution in [0.3, 0.4) is 0 Å². The molecule has 0 aliphatic rings. The minimum Gasteiger partial charge on any atom is -0.466 e. The molecule has 0 saturated carbocycles. The number of allylic oxidation sites excluding steroid dienone is 1. The van der Waals surface area contributed by atoms with Crippen LogP contribution < -0.4 is 5.32 Å². The van der Waals surface area contributed by atoms with E-state index in [0.29, 0.717) is 19.4 Å². The number of hydrogen-bond donors (Lipinski definition) is 3. The third-order valence-electron chi connectivity index (χ3n) is 17.8. The molecule has 6 nitrogen and oxygen atoms in total. The third kappa shape index (κ3) is 67.6. The van der Waals surface area contributed by atoms with E-state index in [4.69, 9.17) is 4.74 Å². The molecule has 0 bridgehead atoms. The Morgan fingerprint density at radius 2 is 0.568 bits per heavy atom. The summed E-state index contributed by atoms with van der Waals surface area (Å²) in [5.74, 6) is -0.0367. The summed E-state index contributed by atoms with van der Waals surface area (Å²) >= 11 is 0. The Bertz CT molecular complexity index is 1220. The predicted molar refractivity (Wildman–Crippen MR) is 357 cm³/mol. The van der Waals surface area contributed by atoms with Gasteiger partial charge in [-0.3, -0.25) is 9.59 Å². The van der Waals surface area contributed by atoms with Crippen molar-refractivity contribution in [1.29, 1.82) is 0 Å². The second-order valence-corrected chi connectivity index (χ2v) is 26.0. The van der Waals surface area contributed by atoms with Crippen LogP contribution in [0.2, 0.25) is 0 Å². The second kappa shape index (κ2) is 71.1. The molecule has 0 aliphatic carbocycles. The average molecular weight is 1140 g/mol. The molecule has 0 spiro atoms. The predicted octanol–water partition coefficient (Wildman–Crippen LogP) is 24.3. The standard InChI is InChI=1S/C75H147NO5/c1-3-5-7-9-11-13-15-17-18-19-20-31-34-37-40-44-47-51-55-59-63-67-73(78)72(71-77)76-74(79)68-64-60-56-52-48-45-41-38-35-32-29-27-25-23-21-22-24-26-28-30-33-36-39-42-46-50-54-58-62-66-70-81-75(80)69-65-61-57-53-49-43-16-14-12-10-8-6-4-2/h63,67,72-73,77-78H,3-62,64-66,68-71H2,1-2H3,(H,76,79)/b67-63+. The van der Waals surface area contributed by atoms with Crippen molar-refractivity contribution in [3.05, 3.63) is 12.2 Å². The quantitative estimate of drug-likeness (QED) is 0.0320. The molecule has 2 unspecified atom stereocenters. The summed E-state index contributed by atoms with van der Waals surface area (Å²) < 4.78 is 5.49. The summed E-state index contributed by atoms with van der Waals surface area (Å²) in [7, 11) is 0. The first-order valence-electron chi connectivity index (χ1n) is 37.5. The van der Waals surface area contributed by atoms with Crippen molar-refractivity contribution < 1.29 is 24.5 Å². The van der Waals surface area contributed by atoms with E-state index in [-0.39, 0.29) is 18.5 Å². The summed E-state index contributed by atoms with van der Waals surface area (Å²) in [6.45, 7) is 4.96. The molecule has 0 rings (SSSR count). The van der Waals surface area contributed by atoms with Crippen LogP contribution in [0.15, 0.2) is 12.2 Å². The van der Waals surface area contributed by atoms with E-state index >= 15 is 0 Å². The monoisotopic (exact) mass is 1140 g/mol. The van der Waals surface area contributed by atoms with Gasteiger partial charge in [0.25, 0.3) is 0 Å². The first-order valence-corrected chi connectivity index (χ1v) is 37.5. The molecule has 1 amide bonds. The van der Waals surface area contributed by atoms with Gasteiger partial charge in [0.05, 0.1) is 25.4 Å². The first kappa shape index (κ1) is 79.6. The zero-order valence-corrected chi connectivity index (χ0v) is 55.3. The van der Waals surface area contributed by atoms with Crippen molar-refractivity contribution in [3.8, 4) is 0 Å². The molecule has 0 aliphatic heterocycles. The van der Waals surface area contributed by atoms with E-state index in [1.807, 2.05) is 6.08 Å². The van der Waals surface area contributed by atoms with E-state index < -0.39 is 12.1 Å². The van der Waals surface area contributed by atoms with E-state index in [0.717, 1.165) is 38.5 Å². The molecule has 0 fully saturated rings. The minimum absolute atomic E-state index is 0.0224. The lowest BCUT2D eigenvalue weighted by Gasteiger charge is -2.20. The van der Waals surface area contributed by atoms with Crippen molar-refractivity contribution >= 4 is 11.9 Å². The Kier molecular flexibility index (Phi) is 69.9. The number of carbonyl (C=O) groups excluding carboxylic acids is 2. The van der Waals surface area contributed by atoms with Gasteiger partial charge < -0.3 is 20.3 Å². The summed E-state index contributed by atoms with van der Waals surface area (Å²) in [4.78, 5) is 24.6. The second-order valence-electron chi connectivity index (χ2n) is 26.0. The maximum Gasteiger partial charge on any atom is 0.305 e. The normalized spacial score (nSPS) is 12.5. The molecule has 0 aromatic carbocycles. The zero-order chi connectivity index (χ0) is 58.5. The number of ether oxygens (including phenoxy) is 1. The van der Waals surface area contributed by atoms with Crippen LogP contribution in [0.5, 0.6) is 0 Å². The fourth-order valence-corrected chi connectivity index (χ4v) is 12.1. The Labute approximate surface area is 508 Å². The van der Waals surface area contributed by atoms with Gasteiger partial charge in [0.1, 0.15) is 0 Å². The molecule has 6 heteroatoms. The molecule has 0 aromatic heterocycles. The fourth-order valence-electron chi connectivity index (χ4n) is 12.1. The molecule has 2 atom stereocenters. The first-order chi connectivity index (χ1) is 40.0. The van der Waals surface area contributed by atoms with Gasteiger partial charge in [-0.15, -0.1) is 0 Å². The fraction of sp³-hybridized carbons (Fsp3) is 0.947. The number of aliphatic hydroxyl groups excluding tert-OH is 2. The number of rotatable bonds is 71. The van der Waals surface area contributed by atoms with Crippen LogP contribution in [0.25, 0.3) is 0 Å². The topological polar surface area (TPSA) is 95.9 Å². The van der Waals surface area contributed by atoms with E-state index in [1.165, 1.54) is 366 Å². The smallest absolute Gasteiger partial charge is 0.305 e. The number of hydrogen-bond acceptors (Lipinski definition) is 5. The molecular formula is C75H147NO5. The molecule has 0 radical (unpaired) electrons. The van der Waals surface area contributed by atoms with E-state index in [2.05, 4.69) is 19.2 Å². The third-order valence-corrected chi connectivity index (χ3v) is 17.8. The number of aliphatic hydroxyl groups is 2. The van der Waals surface area contributed by atoms with E-state index in [1.54, 1.807) is 6.08 Å². The van der Waals surface area contributed by atoms with Crippen LogP contribution in [0.1, 0.15) is 431 Å². The van der Waals surface area contributed by atoms with Gasteiger partial charge in [0.2, 0.25) is 5.91 Å². The van der Waals surface area contributed by atoms with E-state index in [9.17, 15) is 19.8 Å². The Hall–Kier alpha value is -1.40. The van der Waals surface area contributed by atoms with Crippen molar-refractivity contribution in [2.24, 2.45) is 0 Å². The maximum absolute atomic E-state index is 12.5. The lowest BCUT2D eigenvalue weighted by Crippen LogP contribution is -2.45. The van der Waals surface area contributed by atoms with Gasteiger partial charge >= 0.3 is 5.97 Å². The number of carbonyl (C=O) groups is 2. The lowest BCUT2D eigenvalue weighted by molar-refractivity contribution is -0.143. The zero-order valence-electron chi connectivity index (χ0n) is 55.3. The number of unbranched alkanes of at least 4 members (excludes halogenated alkanes) is 60. The Morgan fingerprint density at radius 1 is 0.333 bits per heavy atom. The lowest BCUT2D eigenvalue weighted by atomic mass is 10.0. The molecular weight excluding hydrogens is 995 g/mol. The molecule has 0 aromatic rings. The van der Waals surface area contributed by atoms with Gasteiger partial charge in [-0.2, -0.15) is 0 Å². The van der Waals surface area contributed by atoms with Gasteiger partial charge in [-0.25, -0.2) is 0 Å². The maximum atomic E-state index is 12.5. The highest BCUT2D eigenvalue weighted by atomic mass is 16.5. The minimum atomic E-state index is -0.842. The molecule has 482 valence electrons. The molecule has 0 heterocycles. The summed E-state index contributed by atoms with van der Waals surface area (Å²) in [5.41, 5.74) is 0. The SMILES string of the molecule is CCCCCCCCCCCCCCCCCCCCC/C=C/C(O)C(CO)NC(=O)CCCCCCCCCCCCCCCCCCCCCCCCCCCCCCCCOC(=O)CCCCCCCCCCCCCCC. The van der Waals surface area contributed by atoms with Crippen molar-refractivity contribution in [1.82, 2.24) is 5.32 Å². The number of esters is 1. The van der Waals surface area contributed by atoms with Crippen LogP contribution in [0, 0.1) is 0 Å². The highest BCUT2D eigenvalue weighted by molar-refractivity contribution is 5.76. The largest absolute Gasteiger partial charge is 0.466 e. The van der Waals surface area contributed by atoms with Gasteiger partial charge in [0.15, 0.2) is 0 Å². The molecule has 0 saturated heterocycles. The molecule has 81 heavy (non-hydrogen) atoms. The van der Waals surface area contributed by atoms with Gasteiger partial charge in [0, 0.05) is 12.8 Å². The van der Waals surface area contributed by atoms with Gasteiger partial charge in [-0.05, 0) is 32.1 Å². The average Bonchev–Trinajstić information content (AvgIpc) is 3.47. The van der Waals surface area contributed by atoms with Crippen LogP contribution in [0.4, 0.5) is 0 Å². The summed E-state index contributed by atoms with van der Waals surface area (Å²) in [6, 6.07) is -0.625. The van der Waals surface area contributed by atoms with Crippen molar-refractivity contribution in [2.45, 2.75) is 443 Å². The number of amides is 1. The summed E-state index contributed by atoms with van der Waals surface area (Å²) in [6.07, 6.45) is 88.9. The van der Waals surface area contributed by atoms with Crippen LogP contribution >= 0.6 is 0 Å². The number of nitrogens with one attached hydrogen (secondary N) is 1. The van der Waals surface area contributed by atoms with Crippen molar-refractivity contribution in [3.63, 3.8) is 0 Å². The Balaban J connectivity index is 3.35. The van der Waals surface area contributed by atoms with Crippen LogP contribution in [-0.4, -0.2) is 47.4 Å². The summed E-state index contributed by atoms with van der Waals surface area (Å²) in [5, 5.41) is 23.3. The highest BCUT2D eigenvalue weighted by Crippen LogP contribution is 2.20. The van der Waals surface area contributed by atoms with Crippen molar-refractivity contribution in [2.75, 3.05) is 13.2 Å². The highest BCUT2D eigenvalue weighted by Gasteiger charge is 2.18.